The lowest BCUT2D eigenvalue weighted by Gasteiger charge is -2.12. The molecule has 2 heterocycles. The van der Waals surface area contributed by atoms with Gasteiger partial charge in [-0.15, -0.1) is 0 Å². The number of hydrogen-bond acceptors (Lipinski definition) is 2. The number of nitrogens with one attached hydrogen (secondary N) is 1. The van der Waals surface area contributed by atoms with Crippen LogP contribution >= 0.6 is 0 Å². The Morgan fingerprint density at radius 3 is 3.00 bits per heavy atom. The normalized spacial score (nSPS) is 19.4. The van der Waals surface area contributed by atoms with Gasteiger partial charge >= 0.3 is 0 Å². The maximum Gasteiger partial charge on any atom is 0.0971 e. The number of hydrogen-bond donors (Lipinski definition) is 1. The zero-order valence-corrected chi connectivity index (χ0v) is 6.05. The molecule has 0 radical (unpaired) electrons. The lowest BCUT2D eigenvalue weighted by molar-refractivity contribution is 0.550. The standard InChI is InChI=1S/C7H9N3/c1-7(2)6-5(3-8-7)4-9-10-6/h3-4H,1-2H3,(H,9,10). The number of H-pyrrole nitrogens is 1. The SMILES string of the molecule is CC1(C)N=Cc2cn[nH]c21. The molecule has 3 nitrogen and oxygen atoms in total. The highest BCUT2D eigenvalue weighted by molar-refractivity contribution is 5.84. The summed E-state index contributed by atoms with van der Waals surface area (Å²) < 4.78 is 0. The Labute approximate surface area is 59.2 Å². The molecule has 0 saturated carbocycles. The van der Waals surface area contributed by atoms with E-state index in [1.807, 2.05) is 6.21 Å². The smallest absolute Gasteiger partial charge is 0.0971 e. The van der Waals surface area contributed by atoms with E-state index in [4.69, 9.17) is 0 Å². The molecule has 0 fully saturated rings. The molecule has 0 spiro atoms. The zero-order chi connectivity index (χ0) is 7.19. The van der Waals surface area contributed by atoms with Crippen molar-refractivity contribution in [3.63, 3.8) is 0 Å². The third kappa shape index (κ3) is 0.546. The Balaban J connectivity index is 2.64. The second-order valence-electron chi connectivity index (χ2n) is 3.02. The third-order valence-electron chi connectivity index (χ3n) is 1.81. The van der Waals surface area contributed by atoms with E-state index in [1.54, 1.807) is 6.20 Å². The number of aromatic amines is 1. The highest BCUT2D eigenvalue weighted by Crippen LogP contribution is 2.29. The van der Waals surface area contributed by atoms with Crippen LogP contribution in [0.25, 0.3) is 0 Å². The molecule has 1 aliphatic rings. The number of nitrogens with zero attached hydrogens (tertiary/aromatic N) is 2. The van der Waals surface area contributed by atoms with Crippen molar-refractivity contribution in [3.8, 4) is 0 Å². The van der Waals surface area contributed by atoms with Crippen LogP contribution in [0.2, 0.25) is 0 Å². The maximum absolute atomic E-state index is 4.30. The summed E-state index contributed by atoms with van der Waals surface area (Å²) in [4.78, 5) is 4.30. The van der Waals surface area contributed by atoms with Crippen molar-refractivity contribution in [1.82, 2.24) is 10.2 Å². The summed E-state index contributed by atoms with van der Waals surface area (Å²) in [6.07, 6.45) is 3.66. The summed E-state index contributed by atoms with van der Waals surface area (Å²) in [5.74, 6) is 0. The van der Waals surface area contributed by atoms with Crippen LogP contribution in [0.5, 0.6) is 0 Å². The molecule has 1 aromatic heterocycles. The Morgan fingerprint density at radius 1 is 1.50 bits per heavy atom. The van der Waals surface area contributed by atoms with E-state index in [1.165, 1.54) is 0 Å². The fourth-order valence-corrected chi connectivity index (χ4v) is 1.18. The van der Waals surface area contributed by atoms with Crippen molar-refractivity contribution in [1.29, 1.82) is 0 Å². The predicted molar refractivity (Wildman–Crippen MR) is 39.2 cm³/mol. The first-order valence-corrected chi connectivity index (χ1v) is 3.29. The van der Waals surface area contributed by atoms with Gasteiger partial charge in [0.1, 0.15) is 0 Å². The molecule has 0 amide bonds. The quantitative estimate of drug-likeness (QED) is 0.568. The summed E-state index contributed by atoms with van der Waals surface area (Å²) in [6, 6.07) is 0. The summed E-state index contributed by atoms with van der Waals surface area (Å²) in [7, 11) is 0. The Hall–Kier alpha value is -1.12. The first kappa shape index (κ1) is 5.65. The zero-order valence-electron chi connectivity index (χ0n) is 6.05. The van der Waals surface area contributed by atoms with E-state index in [2.05, 4.69) is 29.0 Å². The molecule has 0 bridgehead atoms. The van der Waals surface area contributed by atoms with Crippen molar-refractivity contribution in [2.75, 3.05) is 0 Å². The number of rotatable bonds is 0. The summed E-state index contributed by atoms with van der Waals surface area (Å²) in [5, 5.41) is 6.86. The van der Waals surface area contributed by atoms with Gasteiger partial charge in [-0.3, -0.25) is 10.1 Å². The van der Waals surface area contributed by atoms with Gasteiger partial charge in [0.05, 0.1) is 17.4 Å². The van der Waals surface area contributed by atoms with Gasteiger partial charge in [0, 0.05) is 11.8 Å². The van der Waals surface area contributed by atoms with Gasteiger partial charge in [0.2, 0.25) is 0 Å². The van der Waals surface area contributed by atoms with Gasteiger partial charge in [-0.1, -0.05) is 0 Å². The Morgan fingerprint density at radius 2 is 2.30 bits per heavy atom. The Bertz CT molecular complexity index is 283. The van der Waals surface area contributed by atoms with Crippen LogP contribution in [-0.2, 0) is 5.54 Å². The van der Waals surface area contributed by atoms with Crippen molar-refractivity contribution < 1.29 is 0 Å². The highest BCUT2D eigenvalue weighted by atomic mass is 15.1. The lowest BCUT2D eigenvalue weighted by atomic mass is 10.0. The van der Waals surface area contributed by atoms with Gasteiger partial charge in [0.25, 0.3) is 0 Å². The average Bonchev–Trinajstić information content (AvgIpc) is 2.36. The largest absolute Gasteiger partial charge is 0.280 e. The van der Waals surface area contributed by atoms with Crippen molar-refractivity contribution in [3.05, 3.63) is 17.5 Å². The second kappa shape index (κ2) is 1.48. The van der Waals surface area contributed by atoms with E-state index in [0.717, 1.165) is 11.3 Å². The lowest BCUT2D eigenvalue weighted by Crippen LogP contribution is -2.10. The molecule has 0 saturated heterocycles. The highest BCUT2D eigenvalue weighted by Gasteiger charge is 2.27. The molecule has 10 heavy (non-hydrogen) atoms. The minimum Gasteiger partial charge on any atom is -0.280 e. The van der Waals surface area contributed by atoms with Crippen LogP contribution < -0.4 is 0 Å². The van der Waals surface area contributed by atoms with Crippen LogP contribution in [0.1, 0.15) is 25.1 Å². The van der Waals surface area contributed by atoms with E-state index in [9.17, 15) is 0 Å². The topological polar surface area (TPSA) is 41.0 Å². The van der Waals surface area contributed by atoms with Crippen LogP contribution in [0, 0.1) is 0 Å². The van der Waals surface area contributed by atoms with Crippen LogP contribution in [0.3, 0.4) is 0 Å². The summed E-state index contributed by atoms with van der Waals surface area (Å²) in [5.41, 5.74) is 2.14. The molecule has 0 aromatic carbocycles. The van der Waals surface area contributed by atoms with Gasteiger partial charge in [-0.05, 0) is 13.8 Å². The van der Waals surface area contributed by atoms with Crippen molar-refractivity contribution in [2.24, 2.45) is 4.99 Å². The van der Waals surface area contributed by atoms with Gasteiger partial charge in [-0.2, -0.15) is 5.10 Å². The van der Waals surface area contributed by atoms with Gasteiger partial charge in [0.15, 0.2) is 0 Å². The van der Waals surface area contributed by atoms with Crippen LogP contribution in [0.15, 0.2) is 11.2 Å². The molecule has 1 N–H and O–H groups in total. The van der Waals surface area contributed by atoms with Crippen LogP contribution in [-0.4, -0.2) is 16.4 Å². The summed E-state index contributed by atoms with van der Waals surface area (Å²) in [6.45, 7) is 4.13. The van der Waals surface area contributed by atoms with E-state index in [-0.39, 0.29) is 5.54 Å². The molecular formula is C7H9N3. The van der Waals surface area contributed by atoms with Gasteiger partial charge < -0.3 is 0 Å². The van der Waals surface area contributed by atoms with Crippen molar-refractivity contribution >= 4 is 6.21 Å². The maximum atomic E-state index is 4.30. The molecule has 0 aliphatic carbocycles. The van der Waals surface area contributed by atoms with E-state index in [0.29, 0.717) is 0 Å². The molecular weight excluding hydrogens is 126 g/mol. The molecule has 0 unspecified atom stereocenters. The number of aliphatic imine (C=N–C) groups is 1. The minimum absolute atomic E-state index is 0.0914. The van der Waals surface area contributed by atoms with E-state index < -0.39 is 0 Å². The molecule has 1 aromatic rings. The molecule has 52 valence electrons. The third-order valence-corrected chi connectivity index (χ3v) is 1.81. The number of aromatic nitrogens is 2. The monoisotopic (exact) mass is 135 g/mol. The molecule has 0 atom stereocenters. The van der Waals surface area contributed by atoms with Gasteiger partial charge in [-0.25, -0.2) is 0 Å². The average molecular weight is 135 g/mol. The second-order valence-corrected chi connectivity index (χ2v) is 3.02. The molecule has 2 rings (SSSR count). The fourth-order valence-electron chi connectivity index (χ4n) is 1.18. The molecule has 3 heteroatoms. The number of fused-ring (bicyclic) bond motifs is 1. The summed E-state index contributed by atoms with van der Waals surface area (Å²) >= 11 is 0. The molecule has 1 aliphatic heterocycles. The fraction of sp³-hybridized carbons (Fsp3) is 0.429. The first-order valence-electron chi connectivity index (χ1n) is 3.29. The Kier molecular flexibility index (Phi) is 0.836. The predicted octanol–water partition coefficient (Wildman–Crippen LogP) is 1.08. The first-order chi connectivity index (χ1) is 4.70. The van der Waals surface area contributed by atoms with E-state index >= 15 is 0 Å². The van der Waals surface area contributed by atoms with Crippen LogP contribution in [0.4, 0.5) is 0 Å². The van der Waals surface area contributed by atoms with Crippen molar-refractivity contribution in [2.45, 2.75) is 19.4 Å². The minimum atomic E-state index is -0.0914.